The first-order valence-corrected chi connectivity index (χ1v) is 7.12. The van der Waals surface area contributed by atoms with E-state index in [9.17, 15) is 4.79 Å². The first-order valence-electron chi connectivity index (χ1n) is 6.74. The molecular formula is C14H21Cl2N3O3. The molecule has 0 radical (unpaired) electrons. The van der Waals surface area contributed by atoms with Crippen LogP contribution >= 0.6 is 24.0 Å². The van der Waals surface area contributed by atoms with Crippen molar-refractivity contribution < 1.29 is 14.3 Å². The number of amides is 1. The molecule has 0 unspecified atom stereocenters. The summed E-state index contributed by atoms with van der Waals surface area (Å²) in [5, 5.41) is 6.53. The number of hydrogen-bond donors (Lipinski definition) is 3. The molecule has 0 bridgehead atoms. The molecule has 0 spiro atoms. The van der Waals surface area contributed by atoms with Gasteiger partial charge in [0.05, 0.1) is 35.5 Å². The summed E-state index contributed by atoms with van der Waals surface area (Å²) in [6, 6.07) is 3.02. The Hall–Kier alpha value is -1.21. The van der Waals surface area contributed by atoms with Crippen LogP contribution in [0.5, 0.6) is 5.75 Å². The summed E-state index contributed by atoms with van der Waals surface area (Å²) in [4.78, 5) is 12.5. The molecule has 4 N–H and O–H groups in total. The second-order valence-corrected chi connectivity index (χ2v) is 5.33. The normalized spacial score (nSPS) is 20.9. The molecule has 1 saturated heterocycles. The quantitative estimate of drug-likeness (QED) is 0.716. The molecule has 8 heteroatoms. The molecule has 22 heavy (non-hydrogen) atoms. The van der Waals surface area contributed by atoms with Gasteiger partial charge in [0, 0.05) is 19.7 Å². The molecule has 6 nitrogen and oxygen atoms in total. The Bertz CT molecular complexity index is 528. The second kappa shape index (κ2) is 8.43. The summed E-state index contributed by atoms with van der Waals surface area (Å²) in [5.41, 5.74) is 6.46. The molecule has 0 aromatic heterocycles. The number of ether oxygens (including phenoxy) is 2. The monoisotopic (exact) mass is 349 g/mol. The largest absolute Gasteiger partial charge is 0.496 e. The summed E-state index contributed by atoms with van der Waals surface area (Å²) in [6.45, 7) is 1.55. The third-order valence-corrected chi connectivity index (χ3v) is 3.94. The number of nitrogens with one attached hydrogen (secondary N) is 2. The SMILES string of the molecule is COc1cc(N)c(Cl)cc1C(=O)N[C@H]1CCNC[C@H]1OC.Cl. The maximum absolute atomic E-state index is 12.5. The highest BCUT2D eigenvalue weighted by Crippen LogP contribution is 2.29. The van der Waals surface area contributed by atoms with E-state index >= 15 is 0 Å². The fourth-order valence-electron chi connectivity index (χ4n) is 2.40. The van der Waals surface area contributed by atoms with E-state index in [1.807, 2.05) is 0 Å². The Morgan fingerprint density at radius 1 is 1.45 bits per heavy atom. The molecule has 1 heterocycles. The van der Waals surface area contributed by atoms with Gasteiger partial charge in [0.2, 0.25) is 0 Å². The number of carbonyl (C=O) groups is 1. The van der Waals surface area contributed by atoms with Gasteiger partial charge in [0.1, 0.15) is 5.75 Å². The van der Waals surface area contributed by atoms with Crippen molar-refractivity contribution in [2.45, 2.75) is 18.6 Å². The van der Waals surface area contributed by atoms with Gasteiger partial charge in [-0.15, -0.1) is 12.4 Å². The number of methoxy groups -OCH3 is 2. The average Bonchev–Trinajstić information content (AvgIpc) is 2.50. The molecule has 0 saturated carbocycles. The lowest BCUT2D eigenvalue weighted by Gasteiger charge is -2.31. The lowest BCUT2D eigenvalue weighted by molar-refractivity contribution is 0.0476. The van der Waals surface area contributed by atoms with Crippen LogP contribution in [-0.2, 0) is 4.74 Å². The highest BCUT2D eigenvalue weighted by atomic mass is 35.5. The van der Waals surface area contributed by atoms with Gasteiger partial charge in [0.15, 0.2) is 0 Å². The van der Waals surface area contributed by atoms with Crippen LogP contribution in [0, 0.1) is 0 Å². The van der Waals surface area contributed by atoms with Crippen molar-refractivity contribution in [3.05, 3.63) is 22.7 Å². The molecule has 1 amide bonds. The number of benzene rings is 1. The Labute approximate surface area is 141 Å². The summed E-state index contributed by atoms with van der Waals surface area (Å²) in [7, 11) is 3.12. The van der Waals surface area contributed by atoms with Crippen LogP contribution in [0.25, 0.3) is 0 Å². The lowest BCUT2D eigenvalue weighted by atomic mass is 10.0. The maximum atomic E-state index is 12.5. The first kappa shape index (κ1) is 18.8. The van der Waals surface area contributed by atoms with E-state index in [2.05, 4.69) is 10.6 Å². The standard InChI is InChI=1S/C14H20ClN3O3.ClH/c1-20-12-6-10(16)9(15)5-8(12)14(19)18-11-3-4-17-7-13(11)21-2;/h5-6,11,13,17H,3-4,7,16H2,1-2H3,(H,18,19);1H/t11-,13+;/m0./s1. The molecule has 1 aromatic rings. The molecule has 2 atom stereocenters. The number of rotatable bonds is 4. The van der Waals surface area contributed by atoms with E-state index in [0.29, 0.717) is 28.6 Å². The van der Waals surface area contributed by atoms with Crippen molar-refractivity contribution in [1.82, 2.24) is 10.6 Å². The number of hydrogen-bond acceptors (Lipinski definition) is 5. The van der Waals surface area contributed by atoms with Crippen LogP contribution in [0.15, 0.2) is 12.1 Å². The van der Waals surface area contributed by atoms with E-state index in [-0.39, 0.29) is 30.5 Å². The third kappa shape index (κ3) is 4.16. The maximum Gasteiger partial charge on any atom is 0.255 e. The van der Waals surface area contributed by atoms with Crippen LogP contribution in [0.3, 0.4) is 0 Å². The number of piperidine rings is 1. The highest BCUT2D eigenvalue weighted by molar-refractivity contribution is 6.33. The lowest BCUT2D eigenvalue weighted by Crippen LogP contribution is -2.53. The first-order chi connectivity index (χ1) is 10.1. The van der Waals surface area contributed by atoms with Crippen LogP contribution in [0.2, 0.25) is 5.02 Å². The van der Waals surface area contributed by atoms with Gasteiger partial charge >= 0.3 is 0 Å². The Morgan fingerprint density at radius 2 is 2.18 bits per heavy atom. The zero-order valence-corrected chi connectivity index (χ0v) is 14.1. The van der Waals surface area contributed by atoms with Crippen LogP contribution in [0.4, 0.5) is 5.69 Å². The van der Waals surface area contributed by atoms with Crippen LogP contribution in [0.1, 0.15) is 16.8 Å². The van der Waals surface area contributed by atoms with Gasteiger partial charge in [-0.1, -0.05) is 11.6 Å². The van der Waals surface area contributed by atoms with Crippen molar-refractivity contribution in [1.29, 1.82) is 0 Å². The number of halogens is 2. The molecule has 124 valence electrons. The van der Waals surface area contributed by atoms with E-state index < -0.39 is 0 Å². The molecule has 1 fully saturated rings. The van der Waals surface area contributed by atoms with Gasteiger partial charge < -0.3 is 25.8 Å². The van der Waals surface area contributed by atoms with E-state index in [1.165, 1.54) is 13.2 Å². The van der Waals surface area contributed by atoms with Crippen molar-refractivity contribution in [3.8, 4) is 5.75 Å². The zero-order valence-electron chi connectivity index (χ0n) is 12.5. The minimum atomic E-state index is -0.247. The van der Waals surface area contributed by atoms with Crippen molar-refractivity contribution in [2.24, 2.45) is 0 Å². The van der Waals surface area contributed by atoms with Gasteiger partial charge in [-0.25, -0.2) is 0 Å². The molecule has 1 aliphatic rings. The smallest absolute Gasteiger partial charge is 0.255 e. The van der Waals surface area contributed by atoms with E-state index in [1.54, 1.807) is 13.2 Å². The second-order valence-electron chi connectivity index (χ2n) is 4.92. The number of nitrogens with two attached hydrogens (primary N) is 1. The molecule has 0 aliphatic carbocycles. The number of carbonyl (C=O) groups excluding carboxylic acids is 1. The molecule has 2 rings (SSSR count). The number of anilines is 1. The van der Waals surface area contributed by atoms with E-state index in [0.717, 1.165) is 13.0 Å². The van der Waals surface area contributed by atoms with Gasteiger partial charge in [-0.2, -0.15) is 0 Å². The minimum absolute atomic E-state index is 0. The average molecular weight is 350 g/mol. The van der Waals surface area contributed by atoms with Crippen LogP contribution in [-0.4, -0.2) is 45.4 Å². The fraction of sp³-hybridized carbons (Fsp3) is 0.500. The Morgan fingerprint density at radius 3 is 2.82 bits per heavy atom. The molecule has 1 aromatic carbocycles. The topological polar surface area (TPSA) is 85.6 Å². The Balaban J connectivity index is 0.00000242. The van der Waals surface area contributed by atoms with Crippen LogP contribution < -0.4 is 21.1 Å². The summed E-state index contributed by atoms with van der Waals surface area (Å²) in [5.74, 6) is 0.153. The third-order valence-electron chi connectivity index (χ3n) is 3.61. The zero-order chi connectivity index (χ0) is 15.4. The van der Waals surface area contributed by atoms with E-state index in [4.69, 9.17) is 26.8 Å². The number of nitrogen functional groups attached to an aromatic ring is 1. The van der Waals surface area contributed by atoms with Gasteiger partial charge in [-0.3, -0.25) is 4.79 Å². The fourth-order valence-corrected chi connectivity index (χ4v) is 2.57. The van der Waals surface area contributed by atoms with Crippen molar-refractivity contribution >= 4 is 35.6 Å². The molecule has 1 aliphatic heterocycles. The predicted octanol–water partition coefficient (Wildman–Crippen LogP) is 1.46. The van der Waals surface area contributed by atoms with Crippen molar-refractivity contribution in [2.75, 3.05) is 33.0 Å². The minimum Gasteiger partial charge on any atom is -0.496 e. The van der Waals surface area contributed by atoms with Crippen molar-refractivity contribution in [3.63, 3.8) is 0 Å². The summed E-state index contributed by atoms with van der Waals surface area (Å²) >= 11 is 5.99. The Kier molecular flexibility index (Phi) is 7.22. The molecular weight excluding hydrogens is 329 g/mol. The highest BCUT2D eigenvalue weighted by Gasteiger charge is 2.27. The van der Waals surface area contributed by atoms with Gasteiger partial charge in [-0.05, 0) is 19.0 Å². The predicted molar refractivity (Wildman–Crippen MR) is 89.2 cm³/mol. The van der Waals surface area contributed by atoms with Gasteiger partial charge in [0.25, 0.3) is 5.91 Å². The summed E-state index contributed by atoms with van der Waals surface area (Å²) < 4.78 is 10.6. The summed E-state index contributed by atoms with van der Waals surface area (Å²) in [6.07, 6.45) is 0.743.